The lowest BCUT2D eigenvalue weighted by Gasteiger charge is -2.33. The highest BCUT2D eigenvalue weighted by Gasteiger charge is 2.16. The Bertz CT molecular complexity index is 725. The SMILES string of the molecule is CCN1CCN(Cc2nc3ccccc3[nH]2)CC1.Cc1ccccc1. The monoisotopic (exact) mass is 336 g/mol. The van der Waals surface area contributed by atoms with Gasteiger partial charge in [0.2, 0.25) is 0 Å². The predicted octanol–water partition coefficient (Wildman–Crippen LogP) is 3.70. The first-order valence-electron chi connectivity index (χ1n) is 9.14. The number of aryl methyl sites for hydroxylation is 1. The number of aromatic nitrogens is 2. The standard InChI is InChI=1S/C14H20N4.C7H8/c1-2-17-7-9-18(10-8-17)11-14-15-12-5-3-4-6-13(12)16-14;1-7-5-3-2-4-6-7/h3-6H,2,7-11H2,1H3,(H,15,16);2-6H,1H3. The lowest BCUT2D eigenvalue weighted by molar-refractivity contribution is 0.130. The van der Waals surface area contributed by atoms with Gasteiger partial charge in [-0.15, -0.1) is 0 Å². The molecule has 0 atom stereocenters. The molecule has 0 radical (unpaired) electrons. The molecule has 1 N–H and O–H groups in total. The molecular weight excluding hydrogens is 308 g/mol. The molecule has 3 aromatic rings. The number of fused-ring (bicyclic) bond motifs is 1. The van der Waals surface area contributed by atoms with Crippen LogP contribution < -0.4 is 0 Å². The summed E-state index contributed by atoms with van der Waals surface area (Å²) in [5, 5.41) is 0. The average molecular weight is 336 g/mol. The van der Waals surface area contributed by atoms with Crippen LogP contribution in [0.3, 0.4) is 0 Å². The summed E-state index contributed by atoms with van der Waals surface area (Å²) in [4.78, 5) is 13.0. The van der Waals surface area contributed by atoms with Gasteiger partial charge in [0, 0.05) is 26.2 Å². The maximum Gasteiger partial charge on any atom is 0.121 e. The number of aromatic amines is 1. The smallest absolute Gasteiger partial charge is 0.121 e. The van der Waals surface area contributed by atoms with E-state index in [2.05, 4.69) is 57.9 Å². The summed E-state index contributed by atoms with van der Waals surface area (Å²) in [6.45, 7) is 11.1. The van der Waals surface area contributed by atoms with Crippen molar-refractivity contribution >= 4 is 11.0 Å². The van der Waals surface area contributed by atoms with Crippen molar-refractivity contribution in [2.45, 2.75) is 20.4 Å². The van der Waals surface area contributed by atoms with Crippen molar-refractivity contribution in [2.75, 3.05) is 32.7 Å². The van der Waals surface area contributed by atoms with Crippen molar-refractivity contribution < 1.29 is 0 Å². The van der Waals surface area contributed by atoms with Crippen LogP contribution >= 0.6 is 0 Å². The van der Waals surface area contributed by atoms with E-state index in [1.54, 1.807) is 0 Å². The minimum atomic E-state index is 0.937. The second-order valence-electron chi connectivity index (χ2n) is 6.57. The Morgan fingerprint density at radius 1 is 0.880 bits per heavy atom. The number of hydrogen-bond donors (Lipinski definition) is 1. The van der Waals surface area contributed by atoms with Gasteiger partial charge in [-0.3, -0.25) is 4.90 Å². The Morgan fingerprint density at radius 3 is 2.12 bits per heavy atom. The summed E-state index contributed by atoms with van der Waals surface area (Å²) < 4.78 is 0. The lowest BCUT2D eigenvalue weighted by atomic mass is 10.2. The third kappa shape index (κ3) is 5.15. The minimum Gasteiger partial charge on any atom is -0.341 e. The fraction of sp³-hybridized carbons (Fsp3) is 0.381. The molecule has 25 heavy (non-hydrogen) atoms. The Balaban J connectivity index is 0.000000219. The number of hydrogen-bond acceptors (Lipinski definition) is 3. The first kappa shape index (κ1) is 17.6. The topological polar surface area (TPSA) is 35.2 Å². The van der Waals surface area contributed by atoms with Gasteiger partial charge in [-0.1, -0.05) is 55.0 Å². The number of para-hydroxylation sites is 2. The van der Waals surface area contributed by atoms with Crippen molar-refractivity contribution in [1.29, 1.82) is 0 Å². The number of likely N-dealkylation sites (N-methyl/N-ethyl adjacent to an activating group) is 1. The molecule has 4 heteroatoms. The molecule has 4 rings (SSSR count). The maximum atomic E-state index is 4.64. The van der Waals surface area contributed by atoms with E-state index in [1.807, 2.05) is 30.3 Å². The normalized spacial score (nSPS) is 15.8. The van der Waals surface area contributed by atoms with Crippen molar-refractivity contribution in [3.8, 4) is 0 Å². The fourth-order valence-electron chi connectivity index (χ4n) is 3.09. The van der Waals surface area contributed by atoms with Crippen LogP contribution in [0.2, 0.25) is 0 Å². The van der Waals surface area contributed by atoms with Crippen molar-refractivity contribution in [3.05, 3.63) is 66.0 Å². The molecule has 1 aromatic heterocycles. The third-order valence-corrected chi connectivity index (χ3v) is 4.66. The molecule has 0 bridgehead atoms. The van der Waals surface area contributed by atoms with E-state index >= 15 is 0 Å². The molecule has 0 aliphatic carbocycles. The van der Waals surface area contributed by atoms with Gasteiger partial charge in [-0.05, 0) is 25.6 Å². The molecule has 4 nitrogen and oxygen atoms in total. The van der Waals surface area contributed by atoms with Crippen LogP contribution in [-0.4, -0.2) is 52.5 Å². The molecule has 0 unspecified atom stereocenters. The Hall–Kier alpha value is -2.17. The Labute approximate surface area is 150 Å². The predicted molar refractivity (Wildman–Crippen MR) is 105 cm³/mol. The summed E-state index contributed by atoms with van der Waals surface area (Å²) in [6.07, 6.45) is 0. The zero-order valence-corrected chi connectivity index (χ0v) is 15.3. The van der Waals surface area contributed by atoms with Gasteiger partial charge in [0.05, 0.1) is 17.6 Å². The molecule has 1 aliphatic heterocycles. The summed E-state index contributed by atoms with van der Waals surface area (Å²) in [5.41, 5.74) is 3.53. The molecule has 1 aliphatic rings. The third-order valence-electron chi connectivity index (χ3n) is 4.66. The van der Waals surface area contributed by atoms with Gasteiger partial charge in [0.25, 0.3) is 0 Å². The fourth-order valence-corrected chi connectivity index (χ4v) is 3.09. The number of imidazole rings is 1. The summed E-state index contributed by atoms with van der Waals surface area (Å²) in [5.74, 6) is 1.08. The quantitative estimate of drug-likeness (QED) is 0.792. The molecular formula is C21H28N4. The number of H-pyrrole nitrogens is 1. The number of nitrogens with one attached hydrogen (secondary N) is 1. The van der Waals surface area contributed by atoms with Crippen LogP contribution in [0, 0.1) is 6.92 Å². The van der Waals surface area contributed by atoms with Crippen LogP contribution in [0.4, 0.5) is 0 Å². The molecule has 0 spiro atoms. The first-order chi connectivity index (χ1) is 12.2. The van der Waals surface area contributed by atoms with Crippen molar-refractivity contribution in [1.82, 2.24) is 19.8 Å². The van der Waals surface area contributed by atoms with E-state index in [9.17, 15) is 0 Å². The van der Waals surface area contributed by atoms with Gasteiger partial charge < -0.3 is 9.88 Å². The Kier molecular flexibility index (Phi) is 6.20. The van der Waals surface area contributed by atoms with Gasteiger partial charge in [0.15, 0.2) is 0 Å². The molecule has 1 fully saturated rings. The summed E-state index contributed by atoms with van der Waals surface area (Å²) in [7, 11) is 0. The first-order valence-corrected chi connectivity index (χ1v) is 9.14. The van der Waals surface area contributed by atoms with E-state index in [-0.39, 0.29) is 0 Å². The zero-order chi connectivity index (χ0) is 17.5. The van der Waals surface area contributed by atoms with E-state index in [0.29, 0.717) is 0 Å². The second-order valence-corrected chi connectivity index (χ2v) is 6.57. The molecule has 132 valence electrons. The van der Waals surface area contributed by atoms with Crippen LogP contribution in [0.5, 0.6) is 0 Å². The number of nitrogens with zero attached hydrogens (tertiary/aromatic N) is 3. The molecule has 1 saturated heterocycles. The second kappa shape index (κ2) is 8.79. The molecule has 2 aromatic carbocycles. The Morgan fingerprint density at radius 2 is 1.52 bits per heavy atom. The van der Waals surface area contributed by atoms with Crippen LogP contribution in [-0.2, 0) is 6.54 Å². The van der Waals surface area contributed by atoms with Gasteiger partial charge >= 0.3 is 0 Å². The van der Waals surface area contributed by atoms with Crippen LogP contribution in [0.15, 0.2) is 54.6 Å². The highest BCUT2D eigenvalue weighted by atomic mass is 15.3. The summed E-state index contributed by atoms with van der Waals surface area (Å²) >= 11 is 0. The zero-order valence-electron chi connectivity index (χ0n) is 15.3. The van der Waals surface area contributed by atoms with Gasteiger partial charge in [-0.2, -0.15) is 0 Å². The largest absolute Gasteiger partial charge is 0.341 e. The average Bonchev–Trinajstić information content (AvgIpc) is 3.06. The van der Waals surface area contributed by atoms with Gasteiger partial charge in [-0.25, -0.2) is 4.98 Å². The van der Waals surface area contributed by atoms with Crippen LogP contribution in [0.1, 0.15) is 18.3 Å². The highest BCUT2D eigenvalue weighted by Crippen LogP contribution is 2.12. The number of rotatable bonds is 3. The maximum absolute atomic E-state index is 4.64. The van der Waals surface area contributed by atoms with Crippen molar-refractivity contribution in [2.24, 2.45) is 0 Å². The molecule has 0 amide bonds. The molecule has 0 saturated carbocycles. The van der Waals surface area contributed by atoms with Gasteiger partial charge in [0.1, 0.15) is 5.82 Å². The van der Waals surface area contributed by atoms with Crippen molar-refractivity contribution in [3.63, 3.8) is 0 Å². The number of piperazine rings is 1. The molecule has 2 heterocycles. The van der Waals surface area contributed by atoms with E-state index in [4.69, 9.17) is 0 Å². The number of benzene rings is 2. The van der Waals surface area contributed by atoms with Crippen LogP contribution in [0.25, 0.3) is 11.0 Å². The van der Waals surface area contributed by atoms with E-state index in [1.165, 1.54) is 25.2 Å². The highest BCUT2D eigenvalue weighted by molar-refractivity contribution is 5.74. The summed E-state index contributed by atoms with van der Waals surface area (Å²) in [6, 6.07) is 18.5. The van der Waals surface area contributed by atoms with E-state index in [0.717, 1.165) is 36.5 Å². The lowest BCUT2D eigenvalue weighted by Crippen LogP contribution is -2.45. The minimum absolute atomic E-state index is 0.937. The van der Waals surface area contributed by atoms with E-state index < -0.39 is 0 Å².